The van der Waals surface area contributed by atoms with E-state index in [2.05, 4.69) is 9.98 Å². The van der Waals surface area contributed by atoms with Crippen molar-refractivity contribution in [3.8, 4) is 0 Å². The first-order chi connectivity index (χ1) is 9.58. The van der Waals surface area contributed by atoms with E-state index in [9.17, 15) is 0 Å². The molecule has 6 heteroatoms. The van der Waals surface area contributed by atoms with Crippen LogP contribution in [0.1, 0.15) is 18.9 Å². The van der Waals surface area contributed by atoms with Gasteiger partial charge in [-0.2, -0.15) is 0 Å². The van der Waals surface area contributed by atoms with E-state index in [1.165, 1.54) is 0 Å². The molecule has 0 saturated heterocycles. The zero-order valence-corrected chi connectivity index (χ0v) is 12.8. The van der Waals surface area contributed by atoms with Crippen molar-refractivity contribution in [3.63, 3.8) is 0 Å². The van der Waals surface area contributed by atoms with Gasteiger partial charge in [0, 0.05) is 24.7 Å². The number of nitrogens with two attached hydrogens (primary N) is 1. The predicted octanol–water partition coefficient (Wildman–Crippen LogP) is 2.86. The van der Waals surface area contributed by atoms with Crippen molar-refractivity contribution in [3.05, 3.63) is 34.9 Å². The van der Waals surface area contributed by atoms with Crippen molar-refractivity contribution < 1.29 is 4.74 Å². The van der Waals surface area contributed by atoms with Crippen molar-refractivity contribution in [1.29, 1.82) is 0 Å². The summed E-state index contributed by atoms with van der Waals surface area (Å²) in [4.78, 5) is 8.58. The molecule has 1 atom stereocenters. The zero-order chi connectivity index (χ0) is 14.6. The molecule has 1 aromatic carbocycles. The number of halogens is 2. The summed E-state index contributed by atoms with van der Waals surface area (Å²) >= 11 is 12.2. The highest BCUT2D eigenvalue weighted by Gasteiger charge is 2.38. The number of rotatable bonds is 5. The first-order valence-corrected chi connectivity index (χ1v) is 7.21. The summed E-state index contributed by atoms with van der Waals surface area (Å²) in [6.07, 6.45) is 0.532. The quantitative estimate of drug-likeness (QED) is 0.850. The van der Waals surface area contributed by atoms with Crippen molar-refractivity contribution in [2.75, 3.05) is 19.9 Å². The Balaban J connectivity index is 2.29. The fourth-order valence-electron chi connectivity index (χ4n) is 2.10. The van der Waals surface area contributed by atoms with Crippen LogP contribution < -0.4 is 5.73 Å². The molecular weight excluding hydrogens is 297 g/mol. The second kappa shape index (κ2) is 6.68. The van der Waals surface area contributed by atoms with E-state index in [0.29, 0.717) is 36.5 Å². The van der Waals surface area contributed by atoms with Gasteiger partial charge in [-0.1, -0.05) is 35.3 Å². The van der Waals surface area contributed by atoms with Gasteiger partial charge in [-0.15, -0.1) is 0 Å². The van der Waals surface area contributed by atoms with Gasteiger partial charge in [0.05, 0.1) is 5.71 Å². The molecule has 0 aliphatic carbocycles. The maximum absolute atomic E-state index is 6.45. The molecule has 108 valence electrons. The van der Waals surface area contributed by atoms with E-state index in [-0.39, 0.29) is 0 Å². The molecule has 0 fully saturated rings. The summed E-state index contributed by atoms with van der Waals surface area (Å²) in [5.74, 6) is 0. The number of ether oxygens (including phenoxy) is 1. The number of aliphatic imine (C=N–C) groups is 2. The summed E-state index contributed by atoms with van der Waals surface area (Å²) in [7, 11) is 0. The topological polar surface area (TPSA) is 60.0 Å². The first-order valence-electron chi connectivity index (χ1n) is 6.46. The average molecular weight is 314 g/mol. The van der Waals surface area contributed by atoms with Gasteiger partial charge >= 0.3 is 0 Å². The second-order valence-electron chi connectivity index (χ2n) is 4.52. The molecule has 0 bridgehead atoms. The van der Waals surface area contributed by atoms with E-state index in [0.717, 1.165) is 11.3 Å². The number of hydrogen-bond donors (Lipinski definition) is 1. The minimum Gasteiger partial charge on any atom is -0.382 e. The fraction of sp³-hybridized carbons (Fsp3) is 0.429. The van der Waals surface area contributed by atoms with Gasteiger partial charge in [0.2, 0.25) is 0 Å². The van der Waals surface area contributed by atoms with Gasteiger partial charge in [0.1, 0.15) is 17.4 Å². The van der Waals surface area contributed by atoms with Gasteiger partial charge in [0.15, 0.2) is 0 Å². The Kier molecular flexibility index (Phi) is 5.16. The second-order valence-corrected chi connectivity index (χ2v) is 5.32. The molecule has 1 aliphatic rings. The Morgan fingerprint density at radius 1 is 1.25 bits per heavy atom. The Morgan fingerprint density at radius 3 is 2.60 bits per heavy atom. The van der Waals surface area contributed by atoms with E-state index < -0.39 is 5.54 Å². The molecule has 0 spiro atoms. The van der Waals surface area contributed by atoms with Crippen LogP contribution in [0.2, 0.25) is 5.02 Å². The lowest BCUT2D eigenvalue weighted by Crippen LogP contribution is -2.55. The lowest BCUT2D eigenvalue weighted by Gasteiger charge is -2.32. The van der Waals surface area contributed by atoms with Crippen molar-refractivity contribution in [2.24, 2.45) is 15.7 Å². The highest BCUT2D eigenvalue weighted by molar-refractivity contribution is 6.70. The van der Waals surface area contributed by atoms with Crippen LogP contribution >= 0.6 is 23.2 Å². The Morgan fingerprint density at radius 2 is 1.95 bits per heavy atom. The van der Waals surface area contributed by atoms with E-state index in [1.807, 2.05) is 31.2 Å². The highest BCUT2D eigenvalue weighted by atomic mass is 35.5. The third-order valence-electron chi connectivity index (χ3n) is 3.19. The highest BCUT2D eigenvalue weighted by Crippen LogP contribution is 2.24. The lowest BCUT2D eigenvalue weighted by molar-refractivity contribution is 0.140. The summed E-state index contributed by atoms with van der Waals surface area (Å²) in [5, 5.41) is 1.04. The van der Waals surface area contributed by atoms with Crippen LogP contribution in [0.25, 0.3) is 0 Å². The largest absolute Gasteiger partial charge is 0.382 e. The van der Waals surface area contributed by atoms with Crippen molar-refractivity contribution in [2.45, 2.75) is 18.9 Å². The number of hydrogen-bond acceptors (Lipinski definition) is 4. The molecule has 0 saturated carbocycles. The van der Waals surface area contributed by atoms with Gasteiger partial charge in [-0.05, 0) is 24.6 Å². The van der Waals surface area contributed by atoms with Crippen LogP contribution in [0, 0.1) is 0 Å². The number of benzene rings is 1. The third-order valence-corrected chi connectivity index (χ3v) is 3.90. The standard InChI is InChI=1S/C14H17Cl2N3O/c1-2-20-8-7-14(17)12(18-9-19-13(14)16)10-3-5-11(15)6-4-10/h3-6H,2,7-9,17H2,1H3. The molecule has 0 amide bonds. The van der Waals surface area contributed by atoms with E-state index in [1.54, 1.807) is 0 Å². The van der Waals surface area contributed by atoms with Gasteiger partial charge < -0.3 is 10.5 Å². The fourth-order valence-corrected chi connectivity index (χ4v) is 2.47. The van der Waals surface area contributed by atoms with Crippen LogP contribution in [-0.4, -0.2) is 36.3 Å². The van der Waals surface area contributed by atoms with E-state index in [4.69, 9.17) is 33.7 Å². The molecule has 0 radical (unpaired) electrons. The summed E-state index contributed by atoms with van der Waals surface area (Å²) in [5.41, 5.74) is 7.19. The zero-order valence-electron chi connectivity index (χ0n) is 11.3. The van der Waals surface area contributed by atoms with Crippen LogP contribution in [0.4, 0.5) is 0 Å². The molecular formula is C14H17Cl2N3O. The summed E-state index contributed by atoms with van der Waals surface area (Å²) in [6, 6.07) is 7.39. The minimum atomic E-state index is -0.900. The Hall–Kier alpha value is -0.940. The first kappa shape index (κ1) is 15.4. The van der Waals surface area contributed by atoms with Crippen LogP contribution in [0.3, 0.4) is 0 Å². The molecule has 1 aromatic rings. The third kappa shape index (κ3) is 3.20. The van der Waals surface area contributed by atoms with Gasteiger partial charge in [-0.3, -0.25) is 9.98 Å². The van der Waals surface area contributed by atoms with Crippen molar-refractivity contribution >= 4 is 34.1 Å². The normalized spacial score (nSPS) is 22.4. The summed E-state index contributed by atoms with van der Waals surface area (Å²) < 4.78 is 5.38. The SMILES string of the molecule is CCOCCC1(N)C(Cl)=NCN=C1c1ccc(Cl)cc1. The van der Waals surface area contributed by atoms with Crippen LogP contribution in [-0.2, 0) is 4.74 Å². The maximum atomic E-state index is 6.45. The molecule has 1 unspecified atom stereocenters. The van der Waals surface area contributed by atoms with Crippen LogP contribution in [0.15, 0.2) is 34.3 Å². The molecule has 2 rings (SSSR count). The van der Waals surface area contributed by atoms with E-state index >= 15 is 0 Å². The van der Waals surface area contributed by atoms with Crippen LogP contribution in [0.5, 0.6) is 0 Å². The molecule has 4 nitrogen and oxygen atoms in total. The Bertz CT molecular complexity index is 528. The maximum Gasteiger partial charge on any atom is 0.131 e. The molecule has 20 heavy (non-hydrogen) atoms. The monoisotopic (exact) mass is 313 g/mol. The summed E-state index contributed by atoms with van der Waals surface area (Å²) in [6.45, 7) is 3.38. The smallest absolute Gasteiger partial charge is 0.131 e. The lowest BCUT2D eigenvalue weighted by atomic mass is 9.86. The Labute approximate surface area is 128 Å². The molecule has 1 heterocycles. The van der Waals surface area contributed by atoms with Gasteiger partial charge in [-0.25, -0.2) is 0 Å². The minimum absolute atomic E-state index is 0.296. The van der Waals surface area contributed by atoms with Crippen molar-refractivity contribution in [1.82, 2.24) is 0 Å². The number of nitrogens with zero attached hydrogens (tertiary/aromatic N) is 2. The average Bonchev–Trinajstić information content (AvgIpc) is 2.44. The predicted molar refractivity (Wildman–Crippen MR) is 84.2 cm³/mol. The molecule has 1 aliphatic heterocycles. The van der Waals surface area contributed by atoms with Gasteiger partial charge in [0.25, 0.3) is 0 Å². The molecule has 2 N–H and O–H groups in total. The molecule has 0 aromatic heterocycles.